The Morgan fingerprint density at radius 2 is 0.440 bits per heavy atom. The van der Waals surface area contributed by atoms with Crippen molar-refractivity contribution < 1.29 is 28.6 Å². The number of hydrogen-bond acceptors (Lipinski definition) is 6. The van der Waals surface area contributed by atoms with Crippen LogP contribution in [0.15, 0.2) is 0 Å². The monoisotopic (exact) mass is 1060 g/mol. The number of carbonyl (C=O) groups excluding carboxylic acids is 3. The molecule has 0 aliphatic rings. The summed E-state index contributed by atoms with van der Waals surface area (Å²) < 4.78 is 17.0. The lowest BCUT2D eigenvalue weighted by Gasteiger charge is -2.18. The molecule has 6 heteroatoms. The number of unbranched alkanes of at least 4 members (excludes halogenated alkanes) is 48. The van der Waals surface area contributed by atoms with Crippen LogP contribution in [-0.2, 0) is 28.6 Å². The summed E-state index contributed by atoms with van der Waals surface area (Å²) in [6.45, 7) is 11.5. The fourth-order valence-electron chi connectivity index (χ4n) is 10.8. The van der Waals surface area contributed by atoms with Crippen LogP contribution in [0.1, 0.15) is 394 Å². The first kappa shape index (κ1) is 73.4. The van der Waals surface area contributed by atoms with Crippen LogP contribution in [0.3, 0.4) is 0 Å². The summed E-state index contributed by atoms with van der Waals surface area (Å²) in [5.41, 5.74) is 0. The highest BCUT2D eigenvalue weighted by Crippen LogP contribution is 2.20. The molecule has 0 saturated heterocycles. The zero-order chi connectivity index (χ0) is 54.6. The number of ether oxygens (including phenoxy) is 3. The molecule has 1 atom stereocenters. The molecule has 75 heavy (non-hydrogen) atoms. The van der Waals surface area contributed by atoms with Gasteiger partial charge in [0.1, 0.15) is 13.2 Å². The second-order valence-corrected chi connectivity index (χ2v) is 24.8. The van der Waals surface area contributed by atoms with Gasteiger partial charge >= 0.3 is 17.9 Å². The van der Waals surface area contributed by atoms with E-state index in [1.807, 2.05) is 0 Å². The van der Waals surface area contributed by atoms with Crippen molar-refractivity contribution in [1.82, 2.24) is 0 Å². The van der Waals surface area contributed by atoms with E-state index in [4.69, 9.17) is 14.2 Å². The molecule has 0 fully saturated rings. The summed E-state index contributed by atoms with van der Waals surface area (Å²) in [4.78, 5) is 38.4. The minimum atomic E-state index is -0.764. The molecule has 0 amide bonds. The van der Waals surface area contributed by atoms with Crippen LogP contribution in [0.25, 0.3) is 0 Å². The summed E-state index contributed by atoms with van der Waals surface area (Å²) in [6, 6.07) is 0. The maximum atomic E-state index is 12.9. The van der Waals surface area contributed by atoms with Gasteiger partial charge in [0.25, 0.3) is 0 Å². The molecule has 0 bridgehead atoms. The summed E-state index contributed by atoms with van der Waals surface area (Å²) in [7, 11) is 0. The van der Waals surface area contributed by atoms with Crippen molar-refractivity contribution in [1.29, 1.82) is 0 Å². The van der Waals surface area contributed by atoms with Gasteiger partial charge in [-0.25, -0.2) is 0 Å². The van der Waals surface area contributed by atoms with Gasteiger partial charge in [0.15, 0.2) is 6.10 Å². The van der Waals surface area contributed by atoms with Crippen LogP contribution < -0.4 is 0 Å². The minimum absolute atomic E-state index is 0.0613. The number of esters is 3. The normalized spacial score (nSPS) is 12.0. The van der Waals surface area contributed by atoms with Crippen LogP contribution in [0.2, 0.25) is 0 Å². The Kier molecular flexibility index (Phi) is 60.3. The van der Waals surface area contributed by atoms with Crippen LogP contribution in [0, 0.1) is 11.8 Å². The maximum Gasteiger partial charge on any atom is 0.306 e. The van der Waals surface area contributed by atoms with E-state index < -0.39 is 6.10 Å². The summed E-state index contributed by atoms with van der Waals surface area (Å²) in [5, 5.41) is 0. The molecule has 0 rings (SSSR count). The highest BCUT2D eigenvalue weighted by Gasteiger charge is 2.20. The van der Waals surface area contributed by atoms with Gasteiger partial charge in [-0.3, -0.25) is 14.4 Å². The first-order chi connectivity index (χ1) is 36.7. The third kappa shape index (κ3) is 63.1. The minimum Gasteiger partial charge on any atom is -0.462 e. The van der Waals surface area contributed by atoms with Gasteiger partial charge in [-0.05, 0) is 31.1 Å². The van der Waals surface area contributed by atoms with Crippen molar-refractivity contribution in [2.24, 2.45) is 11.8 Å². The fraction of sp³-hybridized carbons (Fsp3) is 0.957. The Bertz CT molecular complexity index is 1150. The Labute approximate surface area is 469 Å². The van der Waals surface area contributed by atoms with Gasteiger partial charge < -0.3 is 14.2 Å². The molecule has 0 aliphatic carbocycles. The van der Waals surface area contributed by atoms with E-state index in [0.29, 0.717) is 19.3 Å². The van der Waals surface area contributed by atoms with E-state index in [2.05, 4.69) is 34.6 Å². The van der Waals surface area contributed by atoms with E-state index in [-0.39, 0.29) is 31.1 Å². The molecule has 0 aliphatic heterocycles. The van der Waals surface area contributed by atoms with Crippen LogP contribution >= 0.6 is 0 Å². The highest BCUT2D eigenvalue weighted by atomic mass is 16.6. The van der Waals surface area contributed by atoms with E-state index in [1.54, 1.807) is 0 Å². The average molecular weight is 1060 g/mol. The van der Waals surface area contributed by atoms with Gasteiger partial charge in [-0.15, -0.1) is 0 Å². The lowest BCUT2D eigenvalue weighted by Crippen LogP contribution is -2.30. The molecule has 0 saturated carbocycles. The Morgan fingerprint density at radius 1 is 0.253 bits per heavy atom. The molecule has 0 N–H and O–H groups in total. The SMILES string of the molecule is CCCCCCCCCCCCCCCCCCCCCC(=O)OC[C@H](COC(=O)CCCCCCCCCCCCCCCCC(C)C)OC(=O)CCCCCCCCCCCCCCCCCCCCC(C)C. The van der Waals surface area contributed by atoms with Gasteiger partial charge in [0.2, 0.25) is 0 Å². The van der Waals surface area contributed by atoms with Gasteiger partial charge in [-0.2, -0.15) is 0 Å². The third-order valence-corrected chi connectivity index (χ3v) is 16.0. The van der Waals surface area contributed by atoms with E-state index in [9.17, 15) is 14.4 Å². The van der Waals surface area contributed by atoms with E-state index in [1.165, 1.54) is 283 Å². The smallest absolute Gasteiger partial charge is 0.306 e. The van der Waals surface area contributed by atoms with Crippen molar-refractivity contribution >= 4 is 17.9 Å². The lowest BCUT2D eigenvalue weighted by molar-refractivity contribution is -0.167. The first-order valence-corrected chi connectivity index (χ1v) is 34.2. The Morgan fingerprint density at radius 3 is 0.653 bits per heavy atom. The molecule has 6 nitrogen and oxygen atoms in total. The van der Waals surface area contributed by atoms with Crippen molar-refractivity contribution in [3.8, 4) is 0 Å². The van der Waals surface area contributed by atoms with Gasteiger partial charge in [0, 0.05) is 19.3 Å². The summed E-state index contributed by atoms with van der Waals surface area (Å²) in [5.74, 6) is 0.877. The Balaban J connectivity index is 4.28. The van der Waals surface area contributed by atoms with Crippen molar-refractivity contribution in [2.45, 2.75) is 400 Å². The standard InChI is InChI=1S/C69H134O6/c1-6-7-8-9-10-11-12-13-14-15-16-20-23-29-34-39-44-49-54-59-67(70)73-62-66(63-74-68(71)60-55-50-45-40-35-30-26-25-28-33-38-43-48-53-58-65(4)5)75-69(72)61-56-51-46-41-36-31-24-21-18-17-19-22-27-32-37-42-47-52-57-64(2)3/h64-66H,6-63H2,1-5H3/t66-/m1/s1. The summed E-state index contributed by atoms with van der Waals surface area (Å²) >= 11 is 0. The molecule has 0 spiro atoms. The maximum absolute atomic E-state index is 12.9. The van der Waals surface area contributed by atoms with E-state index >= 15 is 0 Å². The molecule has 0 radical (unpaired) electrons. The molecular weight excluding hydrogens is 925 g/mol. The Hall–Kier alpha value is -1.59. The molecule has 0 heterocycles. The molecule has 0 aromatic heterocycles. The molecule has 0 unspecified atom stereocenters. The molecule has 0 aromatic carbocycles. The topological polar surface area (TPSA) is 78.9 Å². The van der Waals surface area contributed by atoms with Crippen molar-refractivity contribution in [3.05, 3.63) is 0 Å². The van der Waals surface area contributed by atoms with Crippen molar-refractivity contribution in [3.63, 3.8) is 0 Å². The second-order valence-electron chi connectivity index (χ2n) is 24.8. The number of carbonyl (C=O) groups is 3. The largest absolute Gasteiger partial charge is 0.462 e. The fourth-order valence-corrected chi connectivity index (χ4v) is 10.8. The molecule has 446 valence electrons. The highest BCUT2D eigenvalue weighted by molar-refractivity contribution is 5.71. The zero-order valence-electron chi connectivity index (χ0n) is 51.7. The van der Waals surface area contributed by atoms with Crippen LogP contribution in [-0.4, -0.2) is 37.2 Å². The zero-order valence-corrected chi connectivity index (χ0v) is 51.7. The lowest BCUT2D eigenvalue weighted by atomic mass is 10.0. The summed E-state index contributed by atoms with van der Waals surface area (Å²) in [6.07, 6.45) is 69.7. The average Bonchev–Trinajstić information content (AvgIpc) is 3.39. The third-order valence-electron chi connectivity index (χ3n) is 16.0. The van der Waals surface area contributed by atoms with E-state index in [0.717, 1.165) is 69.6 Å². The predicted molar refractivity (Wildman–Crippen MR) is 326 cm³/mol. The second kappa shape index (κ2) is 61.6. The van der Waals surface area contributed by atoms with Crippen molar-refractivity contribution in [2.75, 3.05) is 13.2 Å². The molecular formula is C69H134O6. The van der Waals surface area contributed by atoms with Crippen LogP contribution in [0.4, 0.5) is 0 Å². The number of hydrogen-bond donors (Lipinski definition) is 0. The molecule has 0 aromatic rings. The van der Waals surface area contributed by atoms with Gasteiger partial charge in [-0.1, -0.05) is 356 Å². The quantitative estimate of drug-likeness (QED) is 0.0343. The predicted octanol–water partition coefficient (Wildman–Crippen LogP) is 23.2. The number of rotatable bonds is 63. The first-order valence-electron chi connectivity index (χ1n) is 34.2. The van der Waals surface area contributed by atoms with Crippen LogP contribution in [0.5, 0.6) is 0 Å². The van der Waals surface area contributed by atoms with Gasteiger partial charge in [0.05, 0.1) is 0 Å².